The summed E-state index contributed by atoms with van der Waals surface area (Å²) in [4.78, 5) is 19.1. The van der Waals surface area contributed by atoms with E-state index in [2.05, 4.69) is 21.3 Å². The lowest BCUT2D eigenvalue weighted by Crippen LogP contribution is -2.35. The Balaban J connectivity index is 1.41. The Labute approximate surface area is 154 Å². The Morgan fingerprint density at radius 1 is 1.19 bits per heavy atom. The average molecular weight is 351 g/mol. The number of nitrogens with one attached hydrogen (secondary N) is 1. The predicted octanol–water partition coefficient (Wildman–Crippen LogP) is 3.89. The molecule has 1 N–H and O–H groups in total. The lowest BCUT2D eigenvalue weighted by Gasteiger charge is -2.27. The maximum atomic E-state index is 12.4. The summed E-state index contributed by atoms with van der Waals surface area (Å²) in [5.74, 6) is 1.18. The number of amides is 1. The third-order valence-corrected chi connectivity index (χ3v) is 5.47. The fraction of sp³-hybridized carbons (Fsp3) is 0.429. The number of nitrogens with zero attached hydrogens (tertiary/aromatic N) is 2. The molecule has 1 aromatic carbocycles. The quantitative estimate of drug-likeness (QED) is 0.895. The van der Waals surface area contributed by atoms with Crippen LogP contribution in [0.15, 0.2) is 53.2 Å². The topological polar surface area (TPSA) is 53.9 Å². The van der Waals surface area contributed by atoms with Gasteiger partial charge in [0.1, 0.15) is 5.76 Å². The highest BCUT2D eigenvalue weighted by Crippen LogP contribution is 2.29. The molecule has 0 spiro atoms. The fourth-order valence-electron chi connectivity index (χ4n) is 3.94. The molecule has 0 aromatic heterocycles. The Morgan fingerprint density at radius 2 is 1.96 bits per heavy atom. The maximum Gasteiger partial charge on any atom is 0.227 e. The molecule has 0 bridgehead atoms. The van der Waals surface area contributed by atoms with Crippen molar-refractivity contribution in [1.82, 2.24) is 0 Å². The number of rotatable bonds is 4. The van der Waals surface area contributed by atoms with Crippen LogP contribution >= 0.6 is 0 Å². The van der Waals surface area contributed by atoms with E-state index in [1.54, 1.807) is 7.11 Å². The number of carbonyl (C=O) groups excluding carboxylic acids is 1. The number of anilines is 2. The summed E-state index contributed by atoms with van der Waals surface area (Å²) in [5.41, 5.74) is 1.92. The van der Waals surface area contributed by atoms with Crippen LogP contribution in [0.4, 0.5) is 11.4 Å². The van der Waals surface area contributed by atoms with Crippen LogP contribution in [0.25, 0.3) is 0 Å². The first-order valence-corrected chi connectivity index (χ1v) is 9.41. The molecule has 0 radical (unpaired) electrons. The van der Waals surface area contributed by atoms with Crippen LogP contribution in [-0.4, -0.2) is 31.4 Å². The van der Waals surface area contributed by atoms with Crippen molar-refractivity contribution in [3.05, 3.63) is 48.3 Å². The second-order valence-electron chi connectivity index (χ2n) is 7.16. The van der Waals surface area contributed by atoms with Gasteiger partial charge in [0.2, 0.25) is 5.91 Å². The van der Waals surface area contributed by atoms with Gasteiger partial charge in [-0.1, -0.05) is 25.3 Å². The Morgan fingerprint density at radius 3 is 2.69 bits per heavy atom. The smallest absolute Gasteiger partial charge is 0.227 e. The Hall–Kier alpha value is -2.56. The summed E-state index contributed by atoms with van der Waals surface area (Å²) in [5, 5.41) is 3.07. The third-order valence-electron chi connectivity index (χ3n) is 5.47. The maximum absolute atomic E-state index is 12.4. The fourth-order valence-corrected chi connectivity index (χ4v) is 3.94. The van der Waals surface area contributed by atoms with Gasteiger partial charge >= 0.3 is 0 Å². The highest BCUT2D eigenvalue weighted by Gasteiger charge is 2.30. The first-order valence-electron chi connectivity index (χ1n) is 9.41. The number of hydrogen-bond donors (Lipinski definition) is 1. The van der Waals surface area contributed by atoms with Crippen molar-refractivity contribution in [3.63, 3.8) is 0 Å². The number of aliphatic imine (C=N–C) groups is 1. The number of hydrogen-bond acceptors (Lipinski definition) is 4. The standard InChI is InChI=1S/C21H25N3O2/c1-26-18-11-12-20-19(13-18)22-14-24(20)17-9-7-16(8-10-17)23-21(25)15-5-3-2-4-6-15/h7-15,19-20H,2-6H2,1H3,(H,23,25). The Kier molecular flexibility index (Phi) is 4.78. The van der Waals surface area contributed by atoms with Gasteiger partial charge in [0, 0.05) is 17.3 Å². The molecule has 5 heteroatoms. The van der Waals surface area contributed by atoms with Crippen LogP contribution in [0.5, 0.6) is 0 Å². The van der Waals surface area contributed by atoms with Crippen LogP contribution in [0.1, 0.15) is 32.1 Å². The monoisotopic (exact) mass is 351 g/mol. The minimum Gasteiger partial charge on any atom is -0.497 e. The molecule has 3 aliphatic rings. The molecule has 1 saturated carbocycles. The molecule has 1 heterocycles. The van der Waals surface area contributed by atoms with Crippen LogP contribution in [0.3, 0.4) is 0 Å². The summed E-state index contributed by atoms with van der Waals surface area (Å²) >= 11 is 0. The number of benzene rings is 1. The van der Waals surface area contributed by atoms with Gasteiger partial charge in [-0.05, 0) is 49.3 Å². The molecule has 1 aromatic rings. The number of allylic oxidation sites excluding steroid dienone is 1. The SMILES string of the molecule is COC1=CC2N=CN(c3ccc(NC(=O)C4CCCCC4)cc3)C2C=C1. The molecular formula is C21H25N3O2. The second kappa shape index (κ2) is 7.36. The second-order valence-corrected chi connectivity index (χ2v) is 7.16. The highest BCUT2D eigenvalue weighted by atomic mass is 16.5. The zero-order valence-corrected chi connectivity index (χ0v) is 15.1. The molecule has 2 unspecified atom stereocenters. The largest absolute Gasteiger partial charge is 0.497 e. The van der Waals surface area contributed by atoms with Gasteiger partial charge in [0.05, 0.1) is 25.5 Å². The molecule has 1 fully saturated rings. The van der Waals surface area contributed by atoms with E-state index in [1.807, 2.05) is 42.8 Å². The van der Waals surface area contributed by atoms with E-state index in [0.29, 0.717) is 0 Å². The van der Waals surface area contributed by atoms with Gasteiger partial charge < -0.3 is 15.0 Å². The van der Waals surface area contributed by atoms with Crippen LogP contribution < -0.4 is 10.2 Å². The van der Waals surface area contributed by atoms with E-state index in [-0.39, 0.29) is 23.9 Å². The molecule has 2 atom stereocenters. The minimum atomic E-state index is 0.0839. The molecule has 2 aliphatic carbocycles. The highest BCUT2D eigenvalue weighted by molar-refractivity contribution is 5.93. The molecule has 1 amide bonds. The van der Waals surface area contributed by atoms with Crippen molar-refractivity contribution in [2.75, 3.05) is 17.3 Å². The van der Waals surface area contributed by atoms with Gasteiger partial charge in [-0.3, -0.25) is 9.79 Å². The lowest BCUT2D eigenvalue weighted by atomic mass is 9.88. The number of carbonyl (C=O) groups is 1. The van der Waals surface area contributed by atoms with Gasteiger partial charge in [-0.15, -0.1) is 0 Å². The van der Waals surface area contributed by atoms with Crippen molar-refractivity contribution in [2.45, 2.75) is 44.2 Å². The average Bonchev–Trinajstić information content (AvgIpc) is 3.12. The van der Waals surface area contributed by atoms with Crippen molar-refractivity contribution in [3.8, 4) is 0 Å². The van der Waals surface area contributed by atoms with Gasteiger partial charge in [-0.25, -0.2) is 0 Å². The molecule has 0 saturated heterocycles. The van der Waals surface area contributed by atoms with Crippen LogP contribution in [0.2, 0.25) is 0 Å². The van der Waals surface area contributed by atoms with Crippen molar-refractivity contribution in [1.29, 1.82) is 0 Å². The van der Waals surface area contributed by atoms with E-state index >= 15 is 0 Å². The summed E-state index contributed by atoms with van der Waals surface area (Å²) in [7, 11) is 1.67. The zero-order chi connectivity index (χ0) is 17.9. The molecule has 5 nitrogen and oxygen atoms in total. The summed E-state index contributed by atoms with van der Waals surface area (Å²) in [6.45, 7) is 0. The van der Waals surface area contributed by atoms with Crippen LogP contribution in [-0.2, 0) is 9.53 Å². The minimum absolute atomic E-state index is 0.0839. The molecule has 136 valence electrons. The number of methoxy groups -OCH3 is 1. The van der Waals surface area contributed by atoms with E-state index in [9.17, 15) is 4.79 Å². The lowest BCUT2D eigenvalue weighted by molar-refractivity contribution is -0.120. The van der Waals surface area contributed by atoms with E-state index < -0.39 is 0 Å². The van der Waals surface area contributed by atoms with Crippen LogP contribution in [0, 0.1) is 5.92 Å². The first-order chi connectivity index (χ1) is 12.7. The van der Waals surface area contributed by atoms with Crippen molar-refractivity contribution < 1.29 is 9.53 Å². The molecule has 1 aliphatic heterocycles. The first kappa shape index (κ1) is 16.9. The van der Waals surface area contributed by atoms with Crippen molar-refractivity contribution in [2.24, 2.45) is 10.9 Å². The zero-order valence-electron chi connectivity index (χ0n) is 15.1. The number of fused-ring (bicyclic) bond motifs is 1. The normalized spacial score (nSPS) is 25.0. The van der Waals surface area contributed by atoms with Gasteiger partial charge in [0.25, 0.3) is 0 Å². The summed E-state index contributed by atoms with van der Waals surface area (Å²) in [6.07, 6.45) is 13.6. The number of ether oxygens (including phenoxy) is 1. The van der Waals surface area contributed by atoms with E-state index in [0.717, 1.165) is 30.0 Å². The molecular weight excluding hydrogens is 326 g/mol. The third kappa shape index (κ3) is 3.39. The summed E-state index contributed by atoms with van der Waals surface area (Å²) < 4.78 is 5.28. The Bertz CT molecular complexity index is 745. The van der Waals surface area contributed by atoms with Gasteiger partial charge in [-0.2, -0.15) is 0 Å². The van der Waals surface area contributed by atoms with Crippen molar-refractivity contribution >= 4 is 23.6 Å². The van der Waals surface area contributed by atoms with Gasteiger partial charge in [0.15, 0.2) is 0 Å². The molecule has 26 heavy (non-hydrogen) atoms. The predicted molar refractivity (Wildman–Crippen MR) is 104 cm³/mol. The van der Waals surface area contributed by atoms with E-state index in [4.69, 9.17) is 4.74 Å². The van der Waals surface area contributed by atoms with E-state index in [1.165, 1.54) is 19.3 Å². The summed E-state index contributed by atoms with van der Waals surface area (Å²) in [6, 6.07) is 8.28. The molecule has 4 rings (SSSR count).